The Morgan fingerprint density at radius 1 is 0.857 bits per heavy atom. The zero-order chi connectivity index (χ0) is 14.5. The van der Waals surface area contributed by atoms with Gasteiger partial charge in [-0.1, -0.05) is 30.3 Å². The van der Waals surface area contributed by atoms with Crippen LogP contribution in [0.25, 0.3) is 0 Å². The predicted molar refractivity (Wildman–Crippen MR) is 89.8 cm³/mol. The highest BCUT2D eigenvalue weighted by Gasteiger charge is 2.13. The standard InChI is InChI=1S/C18H21N3/c1-20-11-13-21(14-12-20)18-9-7-17(8-10-18)19-15-16-5-3-2-4-6-16/h2-10,15H,11-14H2,1H3. The van der Waals surface area contributed by atoms with E-state index >= 15 is 0 Å². The summed E-state index contributed by atoms with van der Waals surface area (Å²) in [6.45, 7) is 4.47. The second kappa shape index (κ2) is 6.55. The van der Waals surface area contributed by atoms with Gasteiger partial charge in [0.05, 0.1) is 5.69 Å². The van der Waals surface area contributed by atoms with Crippen molar-refractivity contribution in [2.24, 2.45) is 4.99 Å². The predicted octanol–water partition coefficient (Wildman–Crippen LogP) is 3.19. The molecule has 0 N–H and O–H groups in total. The zero-order valence-electron chi connectivity index (χ0n) is 12.4. The van der Waals surface area contributed by atoms with E-state index in [1.807, 2.05) is 24.4 Å². The molecule has 0 spiro atoms. The molecule has 0 aliphatic carbocycles. The van der Waals surface area contributed by atoms with Crippen molar-refractivity contribution >= 4 is 17.6 Å². The third kappa shape index (κ3) is 3.70. The molecule has 0 unspecified atom stereocenters. The van der Waals surface area contributed by atoms with E-state index in [4.69, 9.17) is 0 Å². The molecule has 0 bridgehead atoms. The number of benzene rings is 2. The topological polar surface area (TPSA) is 18.8 Å². The van der Waals surface area contributed by atoms with Crippen molar-refractivity contribution in [3.63, 3.8) is 0 Å². The first-order chi connectivity index (χ1) is 10.3. The highest BCUT2D eigenvalue weighted by molar-refractivity contribution is 5.81. The van der Waals surface area contributed by atoms with Crippen molar-refractivity contribution in [1.82, 2.24) is 4.90 Å². The number of nitrogens with zero attached hydrogens (tertiary/aromatic N) is 3. The van der Waals surface area contributed by atoms with Gasteiger partial charge in [0.1, 0.15) is 0 Å². The fraction of sp³-hybridized carbons (Fsp3) is 0.278. The van der Waals surface area contributed by atoms with Crippen LogP contribution in [0.15, 0.2) is 59.6 Å². The molecule has 3 nitrogen and oxygen atoms in total. The molecule has 0 radical (unpaired) electrons. The summed E-state index contributed by atoms with van der Waals surface area (Å²) in [6.07, 6.45) is 1.91. The minimum atomic E-state index is 0.997. The molecular formula is C18H21N3. The van der Waals surface area contributed by atoms with Gasteiger partial charge in [0.15, 0.2) is 0 Å². The van der Waals surface area contributed by atoms with Crippen molar-refractivity contribution in [3.05, 3.63) is 60.2 Å². The number of likely N-dealkylation sites (N-methyl/N-ethyl adjacent to an activating group) is 1. The maximum absolute atomic E-state index is 4.52. The molecule has 3 rings (SSSR count). The van der Waals surface area contributed by atoms with Crippen molar-refractivity contribution in [2.45, 2.75) is 0 Å². The first kappa shape index (κ1) is 13.8. The van der Waals surface area contributed by atoms with Crippen LogP contribution in [0.1, 0.15) is 5.56 Å². The third-order valence-corrected chi connectivity index (χ3v) is 3.88. The molecule has 0 amide bonds. The molecule has 1 aliphatic rings. The van der Waals surface area contributed by atoms with E-state index < -0.39 is 0 Å². The molecule has 3 heteroatoms. The summed E-state index contributed by atoms with van der Waals surface area (Å²) in [6, 6.07) is 18.7. The molecule has 1 fully saturated rings. The van der Waals surface area contributed by atoms with Crippen molar-refractivity contribution < 1.29 is 0 Å². The van der Waals surface area contributed by atoms with E-state index in [0.29, 0.717) is 0 Å². The van der Waals surface area contributed by atoms with Crippen LogP contribution in [-0.2, 0) is 0 Å². The highest BCUT2D eigenvalue weighted by atomic mass is 15.2. The molecule has 1 saturated heterocycles. The van der Waals surface area contributed by atoms with E-state index in [-0.39, 0.29) is 0 Å². The monoisotopic (exact) mass is 279 g/mol. The Bertz CT molecular complexity index is 582. The van der Waals surface area contributed by atoms with Crippen LogP contribution < -0.4 is 4.90 Å². The number of piperazine rings is 1. The average molecular weight is 279 g/mol. The maximum Gasteiger partial charge on any atom is 0.0631 e. The SMILES string of the molecule is CN1CCN(c2ccc(N=Cc3ccccc3)cc2)CC1. The molecule has 0 aromatic heterocycles. The molecule has 2 aromatic carbocycles. The third-order valence-electron chi connectivity index (χ3n) is 3.88. The van der Waals surface area contributed by atoms with Gasteiger partial charge in [-0.2, -0.15) is 0 Å². The van der Waals surface area contributed by atoms with Crippen LogP contribution in [0.5, 0.6) is 0 Å². The largest absolute Gasteiger partial charge is 0.369 e. The second-order valence-electron chi connectivity index (χ2n) is 5.48. The molecule has 1 aliphatic heterocycles. The summed E-state index contributed by atoms with van der Waals surface area (Å²) in [7, 11) is 2.18. The number of hydrogen-bond donors (Lipinski definition) is 0. The Kier molecular flexibility index (Phi) is 4.31. The van der Waals surface area contributed by atoms with Crippen LogP contribution in [0.4, 0.5) is 11.4 Å². The van der Waals surface area contributed by atoms with Crippen molar-refractivity contribution in [3.8, 4) is 0 Å². The Hall–Kier alpha value is -2.13. The van der Waals surface area contributed by atoms with Gasteiger partial charge in [-0.05, 0) is 36.9 Å². The first-order valence-corrected chi connectivity index (χ1v) is 7.44. The minimum absolute atomic E-state index is 0.997. The minimum Gasteiger partial charge on any atom is -0.369 e. The normalized spacial score (nSPS) is 16.5. The lowest BCUT2D eigenvalue weighted by atomic mass is 10.2. The summed E-state index contributed by atoms with van der Waals surface area (Å²) in [5.41, 5.74) is 3.42. The summed E-state index contributed by atoms with van der Waals surface area (Å²) >= 11 is 0. The molecule has 108 valence electrons. The Morgan fingerprint density at radius 2 is 1.52 bits per heavy atom. The van der Waals surface area contributed by atoms with Crippen molar-refractivity contribution in [1.29, 1.82) is 0 Å². The van der Waals surface area contributed by atoms with Crippen LogP contribution in [0, 0.1) is 0 Å². The van der Waals surface area contributed by atoms with Gasteiger partial charge in [0.25, 0.3) is 0 Å². The number of hydrogen-bond acceptors (Lipinski definition) is 3. The van der Waals surface area contributed by atoms with Crippen molar-refractivity contribution in [2.75, 3.05) is 38.1 Å². The van der Waals surface area contributed by atoms with Gasteiger partial charge < -0.3 is 9.80 Å². The van der Waals surface area contributed by atoms with E-state index in [2.05, 4.69) is 58.2 Å². The van der Waals surface area contributed by atoms with Gasteiger partial charge >= 0.3 is 0 Å². The molecule has 0 atom stereocenters. The fourth-order valence-electron chi connectivity index (χ4n) is 2.50. The van der Waals surface area contributed by atoms with E-state index in [1.165, 1.54) is 5.69 Å². The highest BCUT2D eigenvalue weighted by Crippen LogP contribution is 2.20. The Balaban J connectivity index is 1.65. The van der Waals surface area contributed by atoms with Crippen LogP contribution in [0.3, 0.4) is 0 Å². The van der Waals surface area contributed by atoms with Crippen LogP contribution in [0.2, 0.25) is 0 Å². The smallest absolute Gasteiger partial charge is 0.0631 e. The summed E-state index contributed by atoms with van der Waals surface area (Å²) < 4.78 is 0. The molecule has 1 heterocycles. The van der Waals surface area contributed by atoms with Crippen LogP contribution in [-0.4, -0.2) is 44.3 Å². The molecule has 0 saturated carbocycles. The molecule has 2 aromatic rings. The van der Waals surface area contributed by atoms with Gasteiger partial charge in [0, 0.05) is 38.1 Å². The number of aliphatic imine (C=N–C) groups is 1. The average Bonchev–Trinajstić information content (AvgIpc) is 2.55. The number of rotatable bonds is 3. The Labute approximate surface area is 126 Å². The lowest BCUT2D eigenvalue weighted by Gasteiger charge is -2.34. The van der Waals surface area contributed by atoms with Gasteiger partial charge in [0.2, 0.25) is 0 Å². The van der Waals surface area contributed by atoms with E-state index in [0.717, 1.165) is 37.4 Å². The Morgan fingerprint density at radius 3 is 2.19 bits per heavy atom. The van der Waals surface area contributed by atoms with E-state index in [1.54, 1.807) is 0 Å². The maximum atomic E-state index is 4.52. The van der Waals surface area contributed by atoms with Gasteiger partial charge in [-0.25, -0.2) is 0 Å². The zero-order valence-corrected chi connectivity index (χ0v) is 12.4. The summed E-state index contributed by atoms with van der Waals surface area (Å²) in [5.74, 6) is 0. The van der Waals surface area contributed by atoms with E-state index in [9.17, 15) is 0 Å². The summed E-state index contributed by atoms with van der Waals surface area (Å²) in [4.78, 5) is 9.33. The van der Waals surface area contributed by atoms with Gasteiger partial charge in [-0.3, -0.25) is 4.99 Å². The van der Waals surface area contributed by atoms with Gasteiger partial charge in [-0.15, -0.1) is 0 Å². The quantitative estimate of drug-likeness (QED) is 0.804. The fourth-order valence-corrected chi connectivity index (χ4v) is 2.50. The second-order valence-corrected chi connectivity index (χ2v) is 5.48. The molecular weight excluding hydrogens is 258 g/mol. The molecule has 21 heavy (non-hydrogen) atoms. The first-order valence-electron chi connectivity index (χ1n) is 7.44. The summed E-state index contributed by atoms with van der Waals surface area (Å²) in [5, 5.41) is 0. The lowest BCUT2D eigenvalue weighted by molar-refractivity contribution is 0.313. The van der Waals surface area contributed by atoms with Crippen LogP contribution >= 0.6 is 0 Å². The number of anilines is 1. The lowest BCUT2D eigenvalue weighted by Crippen LogP contribution is -2.44.